The Hall–Kier alpha value is -1.75. The van der Waals surface area contributed by atoms with Crippen molar-refractivity contribution in [2.75, 3.05) is 34.5 Å². The Morgan fingerprint density at radius 1 is 1.13 bits per heavy atom. The van der Waals surface area contributed by atoms with Crippen LogP contribution in [0.5, 0.6) is 11.5 Å². The zero-order valence-electron chi connectivity index (χ0n) is 14.8. The van der Waals surface area contributed by atoms with E-state index in [1.165, 1.54) is 7.11 Å². The van der Waals surface area contributed by atoms with Crippen LogP contribution in [0.4, 0.5) is 0 Å². The second-order valence-corrected chi connectivity index (χ2v) is 5.85. The monoisotopic (exact) mass is 324 g/mol. The quantitative estimate of drug-likeness (QED) is 0.487. The van der Waals surface area contributed by atoms with Gasteiger partial charge in [0.2, 0.25) is 0 Å². The molecule has 0 aliphatic carbocycles. The first kappa shape index (κ1) is 19.3. The van der Waals surface area contributed by atoms with Crippen LogP contribution in [0.25, 0.3) is 0 Å². The van der Waals surface area contributed by atoms with Crippen LogP contribution < -0.4 is 9.47 Å². The Morgan fingerprint density at radius 2 is 1.87 bits per heavy atom. The van der Waals surface area contributed by atoms with Crippen molar-refractivity contribution in [3.05, 3.63) is 23.8 Å². The van der Waals surface area contributed by atoms with Crippen molar-refractivity contribution in [3.63, 3.8) is 0 Å². The van der Waals surface area contributed by atoms with Gasteiger partial charge in [-0.05, 0) is 29.9 Å². The molecule has 23 heavy (non-hydrogen) atoms. The smallest absolute Gasteiger partial charge is 0.306 e. The second-order valence-electron chi connectivity index (χ2n) is 5.85. The van der Waals surface area contributed by atoms with Crippen LogP contribution in [0.2, 0.25) is 0 Å². The van der Waals surface area contributed by atoms with E-state index >= 15 is 0 Å². The van der Waals surface area contributed by atoms with Crippen LogP contribution in [-0.2, 0) is 14.3 Å². The van der Waals surface area contributed by atoms with E-state index in [0.29, 0.717) is 25.6 Å². The molecule has 0 radical (unpaired) electrons. The van der Waals surface area contributed by atoms with E-state index in [1.54, 1.807) is 14.2 Å². The first-order chi connectivity index (χ1) is 11.0. The third kappa shape index (κ3) is 6.48. The number of hydrogen-bond donors (Lipinski definition) is 0. The molecule has 0 aromatic heterocycles. The molecule has 1 rings (SSSR count). The molecule has 0 spiro atoms. The Balaban J connectivity index is 2.97. The predicted octanol–water partition coefficient (Wildman–Crippen LogP) is 3.41. The minimum atomic E-state index is -0.210. The molecule has 1 unspecified atom stereocenters. The average molecular weight is 324 g/mol. The van der Waals surface area contributed by atoms with Crippen molar-refractivity contribution in [1.29, 1.82) is 0 Å². The van der Waals surface area contributed by atoms with Gasteiger partial charge in [0.1, 0.15) is 18.1 Å². The number of rotatable bonds is 10. The molecule has 0 aliphatic heterocycles. The molecule has 0 amide bonds. The van der Waals surface area contributed by atoms with Crippen LogP contribution in [0.15, 0.2) is 18.2 Å². The van der Waals surface area contributed by atoms with Crippen molar-refractivity contribution in [2.45, 2.75) is 32.6 Å². The first-order valence-corrected chi connectivity index (χ1v) is 7.88. The Labute approximate surface area is 138 Å². The van der Waals surface area contributed by atoms with Crippen LogP contribution in [0.3, 0.4) is 0 Å². The summed E-state index contributed by atoms with van der Waals surface area (Å²) in [6, 6.07) is 5.73. The normalized spacial score (nSPS) is 12.1. The van der Waals surface area contributed by atoms with E-state index in [9.17, 15) is 4.79 Å². The third-order valence-electron chi connectivity index (χ3n) is 3.60. The molecule has 0 fully saturated rings. The van der Waals surface area contributed by atoms with Gasteiger partial charge < -0.3 is 18.9 Å². The van der Waals surface area contributed by atoms with E-state index in [1.807, 2.05) is 18.2 Å². The minimum Gasteiger partial charge on any atom is -0.496 e. The summed E-state index contributed by atoms with van der Waals surface area (Å²) in [6.07, 6.45) is 1.23. The molecule has 1 aromatic carbocycles. The van der Waals surface area contributed by atoms with Gasteiger partial charge in [0.05, 0.1) is 27.2 Å². The van der Waals surface area contributed by atoms with E-state index in [-0.39, 0.29) is 11.9 Å². The van der Waals surface area contributed by atoms with Crippen molar-refractivity contribution in [2.24, 2.45) is 5.92 Å². The highest BCUT2D eigenvalue weighted by Gasteiger charge is 2.21. The van der Waals surface area contributed by atoms with Gasteiger partial charge in [-0.1, -0.05) is 19.9 Å². The fourth-order valence-electron chi connectivity index (χ4n) is 2.54. The Kier molecular flexibility index (Phi) is 8.48. The van der Waals surface area contributed by atoms with Crippen molar-refractivity contribution in [1.82, 2.24) is 0 Å². The van der Waals surface area contributed by atoms with Crippen LogP contribution >= 0.6 is 0 Å². The van der Waals surface area contributed by atoms with Gasteiger partial charge in [-0.15, -0.1) is 0 Å². The number of ether oxygens (including phenoxy) is 4. The fourth-order valence-corrected chi connectivity index (χ4v) is 2.54. The maximum Gasteiger partial charge on any atom is 0.306 e. The molecular weight excluding hydrogens is 296 g/mol. The van der Waals surface area contributed by atoms with E-state index in [2.05, 4.69) is 13.8 Å². The number of carbonyl (C=O) groups is 1. The molecule has 0 saturated heterocycles. The highest BCUT2D eigenvalue weighted by Crippen LogP contribution is 2.36. The highest BCUT2D eigenvalue weighted by atomic mass is 16.5. The Morgan fingerprint density at radius 3 is 2.43 bits per heavy atom. The number of carbonyl (C=O) groups excluding carboxylic acids is 1. The molecule has 1 atom stereocenters. The fraction of sp³-hybridized carbons (Fsp3) is 0.611. The summed E-state index contributed by atoms with van der Waals surface area (Å²) in [7, 11) is 4.68. The minimum absolute atomic E-state index is 0.0606. The Bertz CT molecular complexity index is 484. The standard InChI is InChI=1S/C18H28O5/c1-13(2)10-14(11-18(19)22-5)16-7-6-15(12-17(16)21-4)23-9-8-20-3/h6-7,12-14H,8-11H2,1-5H3. The van der Waals surface area contributed by atoms with Crippen molar-refractivity contribution < 1.29 is 23.7 Å². The summed E-state index contributed by atoms with van der Waals surface area (Å²) < 4.78 is 20.9. The summed E-state index contributed by atoms with van der Waals surface area (Å²) >= 11 is 0. The van der Waals surface area contributed by atoms with Crippen LogP contribution in [0.1, 0.15) is 38.2 Å². The molecule has 0 N–H and O–H groups in total. The lowest BCUT2D eigenvalue weighted by Crippen LogP contribution is -2.12. The van der Waals surface area contributed by atoms with Gasteiger partial charge in [0, 0.05) is 13.2 Å². The SMILES string of the molecule is COCCOc1ccc(C(CC(=O)OC)CC(C)C)c(OC)c1. The number of benzene rings is 1. The van der Waals surface area contributed by atoms with Gasteiger partial charge in [-0.3, -0.25) is 4.79 Å². The molecule has 0 saturated carbocycles. The molecular formula is C18H28O5. The summed E-state index contributed by atoms with van der Waals surface area (Å²) in [5, 5.41) is 0. The lowest BCUT2D eigenvalue weighted by atomic mass is 9.87. The average Bonchev–Trinajstić information content (AvgIpc) is 2.53. The second kappa shape index (κ2) is 10.1. The summed E-state index contributed by atoms with van der Waals surface area (Å²) in [6.45, 7) is 5.29. The van der Waals surface area contributed by atoms with E-state index < -0.39 is 0 Å². The number of hydrogen-bond acceptors (Lipinski definition) is 5. The van der Waals surface area contributed by atoms with E-state index in [0.717, 1.165) is 23.5 Å². The van der Waals surface area contributed by atoms with Gasteiger partial charge in [0.15, 0.2) is 0 Å². The van der Waals surface area contributed by atoms with Gasteiger partial charge in [0.25, 0.3) is 0 Å². The largest absolute Gasteiger partial charge is 0.496 e. The van der Waals surface area contributed by atoms with Crippen LogP contribution in [-0.4, -0.2) is 40.5 Å². The molecule has 0 heterocycles. The molecule has 1 aromatic rings. The predicted molar refractivity (Wildman–Crippen MR) is 89.2 cm³/mol. The first-order valence-electron chi connectivity index (χ1n) is 7.88. The van der Waals surface area contributed by atoms with Crippen molar-refractivity contribution >= 4 is 5.97 Å². The lowest BCUT2D eigenvalue weighted by molar-refractivity contribution is -0.141. The number of esters is 1. The van der Waals surface area contributed by atoms with Gasteiger partial charge >= 0.3 is 5.97 Å². The molecule has 5 nitrogen and oxygen atoms in total. The summed E-state index contributed by atoms with van der Waals surface area (Å²) in [5.41, 5.74) is 1.01. The topological polar surface area (TPSA) is 54.0 Å². The van der Waals surface area contributed by atoms with Gasteiger partial charge in [-0.2, -0.15) is 0 Å². The maximum atomic E-state index is 11.7. The lowest BCUT2D eigenvalue weighted by Gasteiger charge is -2.21. The molecule has 0 aliphatic rings. The van der Waals surface area contributed by atoms with E-state index in [4.69, 9.17) is 18.9 Å². The molecule has 130 valence electrons. The van der Waals surface area contributed by atoms with Crippen LogP contribution in [0, 0.1) is 5.92 Å². The summed E-state index contributed by atoms with van der Waals surface area (Å²) in [5.74, 6) is 1.77. The zero-order valence-corrected chi connectivity index (χ0v) is 14.8. The summed E-state index contributed by atoms with van der Waals surface area (Å²) in [4.78, 5) is 11.7. The molecule has 5 heteroatoms. The third-order valence-corrected chi connectivity index (χ3v) is 3.60. The maximum absolute atomic E-state index is 11.7. The number of methoxy groups -OCH3 is 3. The molecule has 0 bridgehead atoms. The highest BCUT2D eigenvalue weighted by molar-refractivity contribution is 5.70. The zero-order chi connectivity index (χ0) is 17.2. The van der Waals surface area contributed by atoms with Gasteiger partial charge in [-0.25, -0.2) is 0 Å². The van der Waals surface area contributed by atoms with Crippen molar-refractivity contribution in [3.8, 4) is 11.5 Å².